The minimum atomic E-state index is -1.52. The van der Waals surface area contributed by atoms with Gasteiger partial charge in [0, 0.05) is 72.6 Å². The SMILES string of the molecule is CC(C)C[C@H]1C(=O)O[C@H](Cc2ccc(Cc3sccc3Br)cc2)C(=O)N(C)[C@@H](CC(C)C)C(=O)O[C@H](C)C(=O)N(C)[C@@H](CC(C)C)C(=O)O[C@H](Cc2ccc(Cc3sccc3Br)cc2)C(=O)N(C)[C@@H](CC(C)C)C(=O)O[C@H](C)C(=O)N1C. The molecule has 4 aromatic rings. The Bertz CT molecular complexity index is 2630. The van der Waals surface area contributed by atoms with Crippen molar-refractivity contribution in [1.29, 1.82) is 0 Å². The van der Waals surface area contributed by atoms with Crippen molar-refractivity contribution in [3.63, 3.8) is 0 Å². The Balaban J connectivity index is 1.59. The van der Waals surface area contributed by atoms with E-state index >= 15 is 9.59 Å². The number of thiophene rings is 2. The van der Waals surface area contributed by atoms with Gasteiger partial charge in [0.25, 0.3) is 23.6 Å². The first-order valence-electron chi connectivity index (χ1n) is 28.0. The number of likely N-dealkylation sites (N-methyl/N-ethyl adjacent to an activating group) is 4. The molecule has 0 aliphatic carbocycles. The molecule has 0 bridgehead atoms. The number of cyclic esters (lactones) is 4. The number of rotatable bonds is 16. The summed E-state index contributed by atoms with van der Waals surface area (Å²) in [5.74, 6) is -7.30. The predicted molar refractivity (Wildman–Crippen MR) is 325 cm³/mol. The van der Waals surface area contributed by atoms with Gasteiger partial charge in [0.15, 0.2) is 24.4 Å². The maximum Gasteiger partial charge on any atom is 0.329 e. The Morgan fingerprint density at radius 1 is 0.402 bits per heavy atom. The number of ether oxygens (including phenoxy) is 4. The highest BCUT2D eigenvalue weighted by Gasteiger charge is 2.43. The lowest BCUT2D eigenvalue weighted by molar-refractivity contribution is -0.176. The third-order valence-corrected chi connectivity index (χ3v) is 18.3. The van der Waals surface area contributed by atoms with E-state index in [1.54, 1.807) is 22.7 Å². The van der Waals surface area contributed by atoms with Crippen molar-refractivity contribution in [1.82, 2.24) is 19.6 Å². The minimum absolute atomic E-state index is 0.0919. The third kappa shape index (κ3) is 18.8. The Labute approximate surface area is 509 Å². The molecular formula is C62H82Br2N4O12S2. The molecule has 1 saturated heterocycles. The first-order valence-corrected chi connectivity index (χ1v) is 31.4. The zero-order valence-corrected chi connectivity index (χ0v) is 54.6. The van der Waals surface area contributed by atoms with Crippen LogP contribution in [0, 0.1) is 23.7 Å². The Morgan fingerprint density at radius 3 is 0.915 bits per heavy atom. The van der Waals surface area contributed by atoms with Crippen LogP contribution >= 0.6 is 54.5 Å². The number of benzene rings is 2. The van der Waals surface area contributed by atoms with Crippen LogP contribution in [0.1, 0.15) is 127 Å². The largest absolute Gasteiger partial charge is 0.451 e. The molecule has 20 heteroatoms. The molecule has 4 amide bonds. The van der Waals surface area contributed by atoms with Crippen LogP contribution in [0.15, 0.2) is 80.4 Å². The monoisotopic (exact) mass is 1300 g/mol. The predicted octanol–water partition coefficient (Wildman–Crippen LogP) is 10.5. The molecule has 1 aliphatic rings. The molecule has 82 heavy (non-hydrogen) atoms. The van der Waals surface area contributed by atoms with Crippen molar-refractivity contribution in [3.8, 4) is 0 Å². The summed E-state index contributed by atoms with van der Waals surface area (Å²) in [6, 6.07) is 14.0. The highest BCUT2D eigenvalue weighted by atomic mass is 79.9. The number of hydrogen-bond acceptors (Lipinski definition) is 14. The fourth-order valence-corrected chi connectivity index (χ4v) is 12.8. The van der Waals surface area contributed by atoms with Crippen LogP contribution in [0.3, 0.4) is 0 Å². The van der Waals surface area contributed by atoms with Gasteiger partial charge in [0.1, 0.15) is 24.2 Å². The number of esters is 4. The second kappa shape index (κ2) is 30.9. The Kier molecular flexibility index (Phi) is 25.4. The van der Waals surface area contributed by atoms with Crippen LogP contribution in [0.4, 0.5) is 0 Å². The molecule has 448 valence electrons. The molecule has 8 atom stereocenters. The van der Waals surface area contributed by atoms with Crippen molar-refractivity contribution >= 4 is 102 Å². The van der Waals surface area contributed by atoms with E-state index in [1.165, 1.54) is 51.8 Å². The summed E-state index contributed by atoms with van der Waals surface area (Å²) in [4.78, 5) is 124. The van der Waals surface area contributed by atoms with E-state index in [-0.39, 0.29) is 62.2 Å². The first kappa shape index (κ1) is 67.4. The summed E-state index contributed by atoms with van der Waals surface area (Å²) in [5, 5.41) is 3.99. The fraction of sp³-hybridized carbons (Fsp3) is 0.548. The lowest BCUT2D eigenvalue weighted by Gasteiger charge is -2.35. The number of carbonyl (C=O) groups is 8. The van der Waals surface area contributed by atoms with Gasteiger partial charge in [-0.25, -0.2) is 19.2 Å². The smallest absolute Gasteiger partial charge is 0.329 e. The third-order valence-electron chi connectivity index (χ3n) is 14.5. The summed E-state index contributed by atoms with van der Waals surface area (Å²) in [6.45, 7) is 17.6. The van der Waals surface area contributed by atoms with Crippen molar-refractivity contribution in [2.75, 3.05) is 28.2 Å². The summed E-state index contributed by atoms with van der Waals surface area (Å²) in [5.41, 5.74) is 3.29. The van der Waals surface area contributed by atoms with Crippen molar-refractivity contribution < 1.29 is 57.3 Å². The van der Waals surface area contributed by atoms with Crippen LogP contribution < -0.4 is 0 Å². The summed E-state index contributed by atoms with van der Waals surface area (Å²) in [7, 11) is 5.62. The molecule has 1 aliphatic heterocycles. The van der Waals surface area contributed by atoms with Crippen LogP contribution in [0.5, 0.6) is 0 Å². The molecule has 3 heterocycles. The lowest BCUT2D eigenvalue weighted by atomic mass is 9.99. The molecule has 2 aromatic heterocycles. The van der Waals surface area contributed by atoms with E-state index < -0.39 is 96.1 Å². The highest BCUT2D eigenvalue weighted by Crippen LogP contribution is 2.29. The molecule has 2 aromatic carbocycles. The topological polar surface area (TPSA) is 186 Å². The second-order valence-corrected chi connectivity index (χ2v) is 26.9. The fourth-order valence-electron chi connectivity index (χ4n) is 9.77. The highest BCUT2D eigenvalue weighted by molar-refractivity contribution is 9.10. The molecule has 1 fully saturated rings. The van der Waals surface area contributed by atoms with Gasteiger partial charge >= 0.3 is 23.9 Å². The quantitative estimate of drug-likeness (QED) is 0.0764. The number of amides is 4. The van der Waals surface area contributed by atoms with Crippen LogP contribution in [-0.4, -0.2) is 144 Å². The van der Waals surface area contributed by atoms with E-state index in [0.717, 1.165) is 39.6 Å². The van der Waals surface area contributed by atoms with Gasteiger partial charge in [-0.15, -0.1) is 22.7 Å². The zero-order chi connectivity index (χ0) is 60.9. The molecule has 16 nitrogen and oxygen atoms in total. The molecular weight excluding hydrogens is 1220 g/mol. The van der Waals surface area contributed by atoms with Gasteiger partial charge in [-0.05, 0) is 140 Å². The maximum atomic E-state index is 15.0. The average Bonchev–Trinajstić information content (AvgIpc) is 4.03. The number of carbonyl (C=O) groups excluding carboxylic acids is 8. The summed E-state index contributed by atoms with van der Waals surface area (Å²) >= 11 is 10.4. The van der Waals surface area contributed by atoms with Crippen LogP contribution in [0.25, 0.3) is 0 Å². The van der Waals surface area contributed by atoms with Crippen molar-refractivity contribution in [2.24, 2.45) is 23.7 Å². The normalized spacial score (nSPS) is 23.0. The molecule has 0 unspecified atom stereocenters. The number of hydrogen-bond donors (Lipinski definition) is 0. The van der Waals surface area contributed by atoms with E-state index in [9.17, 15) is 28.8 Å². The molecule has 0 N–H and O–H groups in total. The molecule has 5 rings (SSSR count). The number of halogens is 2. The molecule has 0 radical (unpaired) electrons. The van der Waals surface area contributed by atoms with Crippen molar-refractivity contribution in [3.05, 3.63) is 112 Å². The van der Waals surface area contributed by atoms with Gasteiger partial charge in [0.05, 0.1) is 0 Å². The summed E-state index contributed by atoms with van der Waals surface area (Å²) in [6.07, 6.45) is -4.53. The van der Waals surface area contributed by atoms with E-state index in [1.807, 2.05) is 127 Å². The minimum Gasteiger partial charge on any atom is -0.451 e. The van der Waals surface area contributed by atoms with E-state index in [4.69, 9.17) is 18.9 Å². The first-order chi connectivity index (χ1) is 38.6. The van der Waals surface area contributed by atoms with Gasteiger partial charge in [-0.1, -0.05) is 104 Å². The molecule has 0 spiro atoms. The standard InChI is InChI=1S/C62H82Br2N4O12S2/c1-35(2)27-47-59(73)77-39(9)55(69)65(11)50(30-38(7)8)62(76)80-52(32-42-17-21-44(22-18-42)34-54-46(64)24-26-82-54)58(72)68(14)48(28-36(3)4)60(74)78-40(10)56(70)66(12)49(29-37(5)6)61(75)79-51(57(71)67(47)13)31-41-15-19-43(20-16-41)33-53-45(63)23-25-81-53/h15-26,35-40,47-52H,27-34H2,1-14H3/t39-,40-,47+,48+,49+,50+,51-,52-/m1/s1. The van der Waals surface area contributed by atoms with E-state index in [0.29, 0.717) is 24.0 Å². The average molecular weight is 1300 g/mol. The Hall–Kier alpha value is -5.44. The molecule has 0 saturated carbocycles. The van der Waals surface area contributed by atoms with Gasteiger partial charge < -0.3 is 38.5 Å². The maximum absolute atomic E-state index is 15.0. The lowest BCUT2D eigenvalue weighted by Crippen LogP contribution is -2.55. The summed E-state index contributed by atoms with van der Waals surface area (Å²) < 4.78 is 26.3. The van der Waals surface area contributed by atoms with Crippen LogP contribution in [-0.2, 0) is 83.0 Å². The second-order valence-electron chi connectivity index (χ2n) is 23.2. The van der Waals surface area contributed by atoms with Gasteiger partial charge in [-0.3, -0.25) is 19.2 Å². The van der Waals surface area contributed by atoms with Crippen LogP contribution in [0.2, 0.25) is 0 Å². The van der Waals surface area contributed by atoms with Gasteiger partial charge in [0.2, 0.25) is 0 Å². The van der Waals surface area contributed by atoms with Gasteiger partial charge in [-0.2, -0.15) is 0 Å². The van der Waals surface area contributed by atoms with E-state index in [2.05, 4.69) is 31.9 Å². The zero-order valence-electron chi connectivity index (χ0n) is 49.8. The van der Waals surface area contributed by atoms with Crippen molar-refractivity contribution in [2.45, 2.75) is 169 Å². The Morgan fingerprint density at radius 2 is 0.659 bits per heavy atom. The number of nitrogens with zero attached hydrogens (tertiary/aromatic N) is 4.